The van der Waals surface area contributed by atoms with E-state index in [1.165, 1.54) is 6.92 Å². The molecule has 0 unspecified atom stereocenters. The van der Waals surface area contributed by atoms with E-state index in [0.29, 0.717) is 70.5 Å². The molecule has 10 heteroatoms. The number of anilines is 1. The predicted octanol–water partition coefficient (Wildman–Crippen LogP) is 0.0594. The van der Waals surface area contributed by atoms with E-state index in [1.807, 2.05) is 4.90 Å². The second-order valence-corrected chi connectivity index (χ2v) is 6.74. The van der Waals surface area contributed by atoms with Crippen molar-refractivity contribution in [3.05, 3.63) is 18.0 Å². The molecule has 0 atom stereocenters. The SMILES string of the molecule is CCOC(=O)N1CCN(c2ncc(C(=O)N3CCN(C(C)=O)CC3)cn2)CC1. The first-order valence-corrected chi connectivity index (χ1v) is 9.53. The molecule has 1 aromatic rings. The van der Waals surface area contributed by atoms with Crippen LogP contribution in [0.2, 0.25) is 0 Å². The molecule has 2 aliphatic rings. The summed E-state index contributed by atoms with van der Waals surface area (Å²) < 4.78 is 5.02. The highest BCUT2D eigenvalue weighted by Gasteiger charge is 2.25. The zero-order chi connectivity index (χ0) is 20.1. The molecule has 0 aliphatic carbocycles. The lowest BCUT2D eigenvalue weighted by atomic mass is 10.2. The molecular weight excluding hydrogens is 364 g/mol. The van der Waals surface area contributed by atoms with Crippen molar-refractivity contribution in [2.45, 2.75) is 13.8 Å². The molecule has 0 spiro atoms. The quantitative estimate of drug-likeness (QED) is 0.720. The molecule has 3 rings (SSSR count). The van der Waals surface area contributed by atoms with Gasteiger partial charge in [0, 0.05) is 71.7 Å². The smallest absolute Gasteiger partial charge is 0.409 e. The van der Waals surface area contributed by atoms with Gasteiger partial charge in [0.25, 0.3) is 5.91 Å². The highest BCUT2D eigenvalue weighted by molar-refractivity contribution is 5.94. The van der Waals surface area contributed by atoms with Gasteiger partial charge in [-0.15, -0.1) is 0 Å². The van der Waals surface area contributed by atoms with Crippen molar-refractivity contribution in [2.24, 2.45) is 0 Å². The van der Waals surface area contributed by atoms with Crippen molar-refractivity contribution in [2.75, 3.05) is 63.9 Å². The van der Waals surface area contributed by atoms with Crippen LogP contribution in [-0.4, -0.2) is 102 Å². The Labute approximate surface area is 164 Å². The van der Waals surface area contributed by atoms with Crippen molar-refractivity contribution in [1.82, 2.24) is 24.7 Å². The average Bonchev–Trinajstić information content (AvgIpc) is 2.74. The third-order valence-electron chi connectivity index (χ3n) is 4.99. The van der Waals surface area contributed by atoms with E-state index < -0.39 is 0 Å². The number of aromatic nitrogens is 2. The molecule has 0 saturated carbocycles. The normalized spacial score (nSPS) is 17.5. The standard InChI is InChI=1S/C18H26N6O4/c1-3-28-18(27)24-10-8-23(9-11-24)17-19-12-15(13-20-17)16(26)22-6-4-21(5-7-22)14(2)25/h12-13H,3-11H2,1-2H3. The Morgan fingerprint density at radius 2 is 1.43 bits per heavy atom. The molecule has 2 saturated heterocycles. The van der Waals surface area contributed by atoms with Gasteiger partial charge >= 0.3 is 6.09 Å². The van der Waals surface area contributed by atoms with Crippen molar-refractivity contribution >= 4 is 23.9 Å². The van der Waals surface area contributed by atoms with E-state index in [1.54, 1.807) is 34.0 Å². The average molecular weight is 390 g/mol. The third-order valence-corrected chi connectivity index (χ3v) is 4.99. The summed E-state index contributed by atoms with van der Waals surface area (Å²) in [5, 5.41) is 0. The van der Waals surface area contributed by atoms with Gasteiger partial charge in [0.15, 0.2) is 0 Å². The Hall–Kier alpha value is -2.91. The largest absolute Gasteiger partial charge is 0.450 e. The van der Waals surface area contributed by atoms with Crippen molar-refractivity contribution in [3.63, 3.8) is 0 Å². The maximum Gasteiger partial charge on any atom is 0.409 e. The number of carbonyl (C=O) groups is 3. The Kier molecular flexibility index (Phi) is 6.27. The number of amides is 3. The fourth-order valence-corrected chi connectivity index (χ4v) is 3.31. The molecule has 152 valence electrons. The van der Waals surface area contributed by atoms with Crippen molar-refractivity contribution < 1.29 is 19.1 Å². The van der Waals surface area contributed by atoms with E-state index >= 15 is 0 Å². The summed E-state index contributed by atoms with van der Waals surface area (Å²) in [6, 6.07) is 0. The van der Waals surface area contributed by atoms with Crippen LogP contribution in [0.25, 0.3) is 0 Å². The number of hydrogen-bond donors (Lipinski definition) is 0. The van der Waals surface area contributed by atoms with E-state index in [9.17, 15) is 14.4 Å². The van der Waals surface area contributed by atoms with Gasteiger partial charge in [0.05, 0.1) is 12.2 Å². The van der Waals surface area contributed by atoms with E-state index in [0.717, 1.165) is 0 Å². The second kappa shape index (κ2) is 8.85. The van der Waals surface area contributed by atoms with Crippen LogP contribution in [0.15, 0.2) is 12.4 Å². The first-order chi connectivity index (χ1) is 13.5. The first-order valence-electron chi connectivity index (χ1n) is 9.53. The molecule has 2 fully saturated rings. The monoisotopic (exact) mass is 390 g/mol. The first kappa shape index (κ1) is 19.8. The fraction of sp³-hybridized carbons (Fsp3) is 0.611. The van der Waals surface area contributed by atoms with Crippen LogP contribution in [0.3, 0.4) is 0 Å². The minimum absolute atomic E-state index is 0.0304. The summed E-state index contributed by atoms with van der Waals surface area (Å²) in [7, 11) is 0. The molecule has 2 aliphatic heterocycles. The summed E-state index contributed by atoms with van der Waals surface area (Å²) in [5.41, 5.74) is 0.435. The zero-order valence-corrected chi connectivity index (χ0v) is 16.3. The number of nitrogens with zero attached hydrogens (tertiary/aromatic N) is 6. The second-order valence-electron chi connectivity index (χ2n) is 6.74. The minimum atomic E-state index is -0.297. The van der Waals surface area contributed by atoms with Gasteiger partial charge in [-0.2, -0.15) is 0 Å². The van der Waals surface area contributed by atoms with Crippen LogP contribution in [0, 0.1) is 0 Å². The highest BCUT2D eigenvalue weighted by atomic mass is 16.6. The molecule has 0 N–H and O–H groups in total. The topological polar surface area (TPSA) is 99.2 Å². The molecule has 10 nitrogen and oxygen atoms in total. The molecule has 3 heterocycles. The van der Waals surface area contributed by atoms with Gasteiger partial charge in [-0.3, -0.25) is 9.59 Å². The number of ether oxygens (including phenoxy) is 1. The van der Waals surface area contributed by atoms with Crippen LogP contribution in [0.1, 0.15) is 24.2 Å². The fourth-order valence-electron chi connectivity index (χ4n) is 3.31. The third kappa shape index (κ3) is 4.49. The minimum Gasteiger partial charge on any atom is -0.450 e. The summed E-state index contributed by atoms with van der Waals surface area (Å²) >= 11 is 0. The maximum absolute atomic E-state index is 12.6. The molecular formula is C18H26N6O4. The Balaban J connectivity index is 1.53. The Bertz CT molecular complexity index is 709. The van der Waals surface area contributed by atoms with Gasteiger partial charge < -0.3 is 24.3 Å². The van der Waals surface area contributed by atoms with E-state index in [2.05, 4.69) is 9.97 Å². The van der Waals surface area contributed by atoms with Gasteiger partial charge in [0.1, 0.15) is 0 Å². The number of carbonyl (C=O) groups excluding carboxylic acids is 3. The lowest BCUT2D eigenvalue weighted by Crippen LogP contribution is -2.50. The van der Waals surface area contributed by atoms with Crippen LogP contribution >= 0.6 is 0 Å². The lowest BCUT2D eigenvalue weighted by Gasteiger charge is -2.34. The number of hydrogen-bond acceptors (Lipinski definition) is 7. The molecule has 0 aromatic carbocycles. The maximum atomic E-state index is 12.6. The molecule has 28 heavy (non-hydrogen) atoms. The lowest BCUT2D eigenvalue weighted by molar-refractivity contribution is -0.130. The molecule has 1 aromatic heterocycles. The van der Waals surface area contributed by atoms with Crippen LogP contribution in [0.4, 0.5) is 10.7 Å². The van der Waals surface area contributed by atoms with Crippen LogP contribution < -0.4 is 4.90 Å². The van der Waals surface area contributed by atoms with Crippen molar-refractivity contribution in [3.8, 4) is 0 Å². The van der Waals surface area contributed by atoms with Gasteiger partial charge in [0.2, 0.25) is 11.9 Å². The summed E-state index contributed by atoms with van der Waals surface area (Å²) in [6.07, 6.45) is 2.79. The van der Waals surface area contributed by atoms with E-state index in [-0.39, 0.29) is 17.9 Å². The zero-order valence-electron chi connectivity index (χ0n) is 16.3. The van der Waals surface area contributed by atoms with Gasteiger partial charge in [-0.25, -0.2) is 14.8 Å². The number of piperazine rings is 2. The van der Waals surface area contributed by atoms with Crippen LogP contribution in [-0.2, 0) is 9.53 Å². The summed E-state index contributed by atoms with van der Waals surface area (Å²) in [4.78, 5) is 51.5. The highest BCUT2D eigenvalue weighted by Crippen LogP contribution is 2.13. The molecule has 0 bridgehead atoms. The van der Waals surface area contributed by atoms with Crippen molar-refractivity contribution in [1.29, 1.82) is 0 Å². The van der Waals surface area contributed by atoms with E-state index in [4.69, 9.17) is 4.74 Å². The van der Waals surface area contributed by atoms with Gasteiger partial charge in [-0.1, -0.05) is 0 Å². The summed E-state index contributed by atoms with van der Waals surface area (Å²) in [6.45, 7) is 8.11. The summed E-state index contributed by atoms with van der Waals surface area (Å²) in [5.74, 6) is 0.450. The molecule has 0 radical (unpaired) electrons. The predicted molar refractivity (Wildman–Crippen MR) is 101 cm³/mol. The Morgan fingerprint density at radius 3 is 1.96 bits per heavy atom. The molecule has 3 amide bonds. The number of rotatable bonds is 3. The Morgan fingerprint density at radius 1 is 0.893 bits per heavy atom. The van der Waals surface area contributed by atoms with Gasteiger partial charge in [-0.05, 0) is 6.92 Å². The van der Waals surface area contributed by atoms with Crippen LogP contribution in [0.5, 0.6) is 0 Å².